The van der Waals surface area contributed by atoms with Crippen molar-refractivity contribution in [2.24, 2.45) is 0 Å². The van der Waals surface area contributed by atoms with Crippen LogP contribution in [0.15, 0.2) is 18.2 Å². The molecule has 1 aliphatic rings. The zero-order valence-corrected chi connectivity index (χ0v) is 12.1. The van der Waals surface area contributed by atoms with E-state index in [9.17, 15) is 9.18 Å². The lowest BCUT2D eigenvalue weighted by Crippen LogP contribution is -2.34. The summed E-state index contributed by atoms with van der Waals surface area (Å²) < 4.78 is 14.2. The molecule has 2 N–H and O–H groups in total. The van der Waals surface area contributed by atoms with Crippen LogP contribution in [0.3, 0.4) is 0 Å². The highest BCUT2D eigenvalue weighted by molar-refractivity contribution is 5.82. The van der Waals surface area contributed by atoms with Gasteiger partial charge in [-0.05, 0) is 32.0 Å². The Labute approximate surface area is 119 Å². The number of carbonyl (C=O) groups is 1. The molecule has 0 bridgehead atoms. The number of carbonyl (C=O) groups excluding carboxylic acids is 1. The first-order chi connectivity index (χ1) is 9.63. The number of hydrogen-bond donors (Lipinski definition) is 2. The first kappa shape index (κ1) is 14.8. The molecule has 4 nitrogen and oxygen atoms in total. The minimum atomic E-state index is -0.222. The van der Waals surface area contributed by atoms with E-state index in [0.717, 1.165) is 25.2 Å². The van der Waals surface area contributed by atoms with Crippen molar-refractivity contribution in [3.8, 4) is 0 Å². The van der Waals surface area contributed by atoms with Crippen LogP contribution in [-0.4, -0.2) is 32.1 Å². The number of amides is 1. The molecule has 1 aliphatic heterocycles. The molecule has 1 saturated heterocycles. The van der Waals surface area contributed by atoms with Crippen molar-refractivity contribution in [2.75, 3.05) is 31.1 Å². The monoisotopic (exact) mass is 279 g/mol. The van der Waals surface area contributed by atoms with E-state index < -0.39 is 0 Å². The molecule has 1 aromatic carbocycles. The summed E-state index contributed by atoms with van der Waals surface area (Å²) in [5.41, 5.74) is 1.46. The summed E-state index contributed by atoms with van der Waals surface area (Å²) in [5, 5.41) is 6.08. The fourth-order valence-electron chi connectivity index (χ4n) is 2.65. The Balaban J connectivity index is 2.34. The molecule has 1 amide bonds. The van der Waals surface area contributed by atoms with Gasteiger partial charge in [-0.15, -0.1) is 0 Å². The van der Waals surface area contributed by atoms with Crippen molar-refractivity contribution in [3.05, 3.63) is 29.6 Å². The van der Waals surface area contributed by atoms with Gasteiger partial charge in [-0.3, -0.25) is 4.79 Å². The van der Waals surface area contributed by atoms with Crippen LogP contribution in [-0.2, 0) is 4.79 Å². The molecule has 1 atom stereocenters. The van der Waals surface area contributed by atoms with E-state index in [1.54, 1.807) is 6.07 Å². The Morgan fingerprint density at radius 3 is 3.05 bits per heavy atom. The van der Waals surface area contributed by atoms with E-state index >= 15 is 0 Å². The van der Waals surface area contributed by atoms with E-state index in [0.29, 0.717) is 12.1 Å². The summed E-state index contributed by atoms with van der Waals surface area (Å²) in [6.07, 6.45) is 0.872. The normalized spacial score (nSPS) is 17.6. The van der Waals surface area contributed by atoms with Crippen LogP contribution in [0.5, 0.6) is 0 Å². The third-order valence-corrected chi connectivity index (χ3v) is 3.58. The fraction of sp³-hybridized carbons (Fsp3) is 0.533. The summed E-state index contributed by atoms with van der Waals surface area (Å²) in [7, 11) is 0. The lowest BCUT2D eigenvalue weighted by molar-refractivity contribution is -0.119. The van der Waals surface area contributed by atoms with Gasteiger partial charge in [0.2, 0.25) is 5.91 Å². The highest BCUT2D eigenvalue weighted by Gasteiger charge is 2.22. The Morgan fingerprint density at radius 1 is 1.50 bits per heavy atom. The van der Waals surface area contributed by atoms with Crippen LogP contribution in [0.2, 0.25) is 0 Å². The van der Waals surface area contributed by atoms with Crippen molar-refractivity contribution < 1.29 is 9.18 Å². The zero-order valence-electron chi connectivity index (χ0n) is 12.1. The predicted octanol–water partition coefficient (Wildman–Crippen LogP) is 1.82. The van der Waals surface area contributed by atoms with Gasteiger partial charge < -0.3 is 15.5 Å². The average molecular weight is 279 g/mol. The average Bonchev–Trinajstić information content (AvgIpc) is 2.63. The molecule has 2 rings (SSSR count). The van der Waals surface area contributed by atoms with E-state index in [4.69, 9.17) is 0 Å². The molecule has 0 saturated carbocycles. The number of rotatable bonds is 4. The molecule has 1 fully saturated rings. The molecule has 1 heterocycles. The maximum absolute atomic E-state index is 14.2. The SMILES string of the molecule is CCNC(C)c1c(F)cccc1N1CCCNC(=O)C1. The summed E-state index contributed by atoms with van der Waals surface area (Å²) in [6.45, 7) is 6.45. The number of nitrogens with zero attached hydrogens (tertiary/aromatic N) is 1. The molecule has 0 radical (unpaired) electrons. The summed E-state index contributed by atoms with van der Waals surface area (Å²) in [4.78, 5) is 13.7. The molecule has 1 unspecified atom stereocenters. The van der Waals surface area contributed by atoms with Gasteiger partial charge in [0.15, 0.2) is 0 Å². The van der Waals surface area contributed by atoms with Crippen LogP contribution < -0.4 is 15.5 Å². The zero-order chi connectivity index (χ0) is 14.5. The first-order valence-electron chi connectivity index (χ1n) is 7.17. The van der Waals surface area contributed by atoms with Crippen LogP contribution in [0, 0.1) is 5.82 Å². The molecule has 0 spiro atoms. The van der Waals surface area contributed by atoms with Crippen LogP contribution in [0.4, 0.5) is 10.1 Å². The van der Waals surface area contributed by atoms with Gasteiger partial charge in [-0.25, -0.2) is 4.39 Å². The third kappa shape index (κ3) is 3.28. The topological polar surface area (TPSA) is 44.4 Å². The largest absolute Gasteiger partial charge is 0.362 e. The lowest BCUT2D eigenvalue weighted by Gasteiger charge is -2.27. The van der Waals surface area contributed by atoms with E-state index in [1.807, 2.05) is 24.8 Å². The Hall–Kier alpha value is -1.62. The van der Waals surface area contributed by atoms with Gasteiger partial charge in [-0.2, -0.15) is 0 Å². The van der Waals surface area contributed by atoms with E-state index in [1.165, 1.54) is 6.07 Å². The smallest absolute Gasteiger partial charge is 0.239 e. The summed E-state index contributed by atoms with van der Waals surface area (Å²) in [6, 6.07) is 4.99. The second-order valence-electron chi connectivity index (χ2n) is 5.08. The maximum atomic E-state index is 14.2. The van der Waals surface area contributed by atoms with Crippen molar-refractivity contribution in [3.63, 3.8) is 0 Å². The third-order valence-electron chi connectivity index (χ3n) is 3.58. The Morgan fingerprint density at radius 2 is 2.30 bits per heavy atom. The van der Waals surface area contributed by atoms with Crippen LogP contribution in [0.1, 0.15) is 31.9 Å². The predicted molar refractivity (Wildman–Crippen MR) is 78.3 cm³/mol. The molecular weight excluding hydrogens is 257 g/mol. The minimum absolute atomic E-state index is 0.00573. The number of benzene rings is 1. The summed E-state index contributed by atoms with van der Waals surface area (Å²) >= 11 is 0. The number of halogens is 1. The van der Waals surface area contributed by atoms with Gasteiger partial charge in [0.05, 0.1) is 6.54 Å². The molecule has 110 valence electrons. The molecule has 1 aromatic rings. The van der Waals surface area contributed by atoms with Crippen LogP contribution >= 0.6 is 0 Å². The van der Waals surface area contributed by atoms with Gasteiger partial charge in [0.1, 0.15) is 5.82 Å². The van der Waals surface area contributed by atoms with E-state index in [-0.39, 0.29) is 24.3 Å². The van der Waals surface area contributed by atoms with E-state index in [2.05, 4.69) is 10.6 Å². The Kier molecular flexibility index (Phi) is 4.95. The quantitative estimate of drug-likeness (QED) is 0.883. The minimum Gasteiger partial charge on any atom is -0.362 e. The molecule has 5 heteroatoms. The molecular formula is C15H22FN3O. The maximum Gasteiger partial charge on any atom is 0.239 e. The van der Waals surface area contributed by atoms with Gasteiger partial charge in [0.25, 0.3) is 0 Å². The van der Waals surface area contributed by atoms with Crippen molar-refractivity contribution in [1.29, 1.82) is 0 Å². The lowest BCUT2D eigenvalue weighted by atomic mass is 10.0. The molecule has 0 aromatic heterocycles. The van der Waals surface area contributed by atoms with Gasteiger partial charge in [-0.1, -0.05) is 13.0 Å². The second kappa shape index (κ2) is 6.70. The van der Waals surface area contributed by atoms with Crippen molar-refractivity contribution >= 4 is 11.6 Å². The molecule has 20 heavy (non-hydrogen) atoms. The highest BCUT2D eigenvalue weighted by Crippen LogP contribution is 2.29. The van der Waals surface area contributed by atoms with Gasteiger partial charge >= 0.3 is 0 Å². The van der Waals surface area contributed by atoms with Crippen molar-refractivity contribution in [1.82, 2.24) is 10.6 Å². The fourth-order valence-corrected chi connectivity index (χ4v) is 2.65. The number of hydrogen-bond acceptors (Lipinski definition) is 3. The van der Waals surface area contributed by atoms with Gasteiger partial charge in [0, 0.05) is 30.4 Å². The standard InChI is InChI=1S/C15H22FN3O/c1-3-17-11(2)15-12(16)6-4-7-13(15)19-9-5-8-18-14(20)10-19/h4,6-7,11,17H,3,5,8-10H2,1-2H3,(H,18,20). The number of anilines is 1. The van der Waals surface area contributed by atoms with Crippen LogP contribution in [0.25, 0.3) is 0 Å². The molecule has 0 aliphatic carbocycles. The second-order valence-corrected chi connectivity index (χ2v) is 5.08. The van der Waals surface area contributed by atoms with Crippen molar-refractivity contribution in [2.45, 2.75) is 26.3 Å². The number of nitrogens with one attached hydrogen (secondary N) is 2. The summed E-state index contributed by atoms with van der Waals surface area (Å²) in [5.74, 6) is -0.227. The Bertz CT molecular complexity index is 478. The first-order valence-corrected chi connectivity index (χ1v) is 7.17. The highest BCUT2D eigenvalue weighted by atomic mass is 19.1.